The van der Waals surface area contributed by atoms with E-state index in [2.05, 4.69) is 12.1 Å². The number of hydrogen-bond acceptors (Lipinski definition) is 3. The summed E-state index contributed by atoms with van der Waals surface area (Å²) in [5.74, 6) is 0. The lowest BCUT2D eigenvalue weighted by Gasteiger charge is -2.31. The summed E-state index contributed by atoms with van der Waals surface area (Å²) in [6.45, 7) is 9.31. The van der Waals surface area contributed by atoms with Gasteiger partial charge in [-0.25, -0.2) is 0 Å². The van der Waals surface area contributed by atoms with Gasteiger partial charge in [-0.3, -0.25) is 0 Å². The summed E-state index contributed by atoms with van der Waals surface area (Å²) < 4.78 is 25.0. The van der Waals surface area contributed by atoms with Crippen LogP contribution in [0.3, 0.4) is 0 Å². The molecular formula is C16H29O3PSi. The molecular weight excluding hydrogens is 299 g/mol. The van der Waals surface area contributed by atoms with E-state index < -0.39 is 15.7 Å². The minimum absolute atomic E-state index is 0.629. The zero-order chi connectivity index (χ0) is 15.8. The maximum absolute atomic E-state index is 12.7. The molecule has 0 unspecified atom stereocenters. The molecule has 0 amide bonds. The van der Waals surface area contributed by atoms with Crippen molar-refractivity contribution < 1.29 is 13.4 Å². The van der Waals surface area contributed by atoms with Gasteiger partial charge in [-0.1, -0.05) is 44.2 Å². The average molecular weight is 328 g/mol. The predicted molar refractivity (Wildman–Crippen MR) is 93.4 cm³/mol. The van der Waals surface area contributed by atoms with E-state index in [4.69, 9.17) is 8.85 Å². The van der Waals surface area contributed by atoms with Crippen LogP contribution in [0, 0.1) is 0 Å². The minimum atomic E-state index is -2.49. The Balaban J connectivity index is 3.04. The summed E-state index contributed by atoms with van der Waals surface area (Å²) in [6, 6.07) is 11.0. The minimum Gasteiger partial charge on any atom is -0.391 e. The maximum Gasteiger partial charge on any atom is 0.372 e. The molecule has 0 aliphatic rings. The highest BCUT2D eigenvalue weighted by atomic mass is 31.2. The lowest BCUT2D eigenvalue weighted by Crippen LogP contribution is -2.54. The van der Waals surface area contributed by atoms with Crippen molar-refractivity contribution in [3.63, 3.8) is 0 Å². The Kier molecular flexibility index (Phi) is 7.89. The highest BCUT2D eigenvalue weighted by molar-refractivity contribution is 7.64. The van der Waals surface area contributed by atoms with Crippen LogP contribution in [-0.4, -0.2) is 40.3 Å². The van der Waals surface area contributed by atoms with Crippen molar-refractivity contribution in [3.8, 4) is 0 Å². The molecule has 1 rings (SSSR count). The van der Waals surface area contributed by atoms with Crippen molar-refractivity contribution in [3.05, 3.63) is 30.3 Å². The summed E-state index contributed by atoms with van der Waals surface area (Å²) in [7, 11) is -4.56. The number of benzene rings is 1. The molecule has 0 radical (unpaired) electrons. The second-order valence-corrected chi connectivity index (χ2v) is 12.1. The molecule has 0 spiro atoms. The fourth-order valence-corrected chi connectivity index (χ4v) is 9.06. The van der Waals surface area contributed by atoms with Crippen LogP contribution in [0.25, 0.3) is 0 Å². The molecule has 0 saturated heterocycles. The topological polar surface area (TPSA) is 35.5 Å². The van der Waals surface area contributed by atoms with Crippen LogP contribution in [0.5, 0.6) is 0 Å². The van der Waals surface area contributed by atoms with E-state index in [1.807, 2.05) is 45.9 Å². The summed E-state index contributed by atoms with van der Waals surface area (Å²) in [5.41, 5.74) is 0. The van der Waals surface area contributed by atoms with Crippen molar-refractivity contribution >= 4 is 20.9 Å². The lowest BCUT2D eigenvalue weighted by atomic mass is 10.4. The zero-order valence-electron chi connectivity index (χ0n) is 13.8. The molecule has 0 atom stereocenters. The van der Waals surface area contributed by atoms with Crippen LogP contribution in [0.15, 0.2) is 30.3 Å². The van der Waals surface area contributed by atoms with Crippen molar-refractivity contribution in [2.45, 2.75) is 33.7 Å². The highest BCUT2D eigenvalue weighted by Crippen LogP contribution is 2.46. The van der Waals surface area contributed by atoms with Crippen LogP contribution < -0.4 is 5.19 Å². The first kappa shape index (κ1) is 18.6. The Morgan fingerprint density at radius 3 is 1.90 bits per heavy atom. The summed E-state index contributed by atoms with van der Waals surface area (Å²) in [4.78, 5) is 0. The molecule has 0 saturated carbocycles. The molecule has 0 bridgehead atoms. The largest absolute Gasteiger partial charge is 0.391 e. The summed E-state index contributed by atoms with van der Waals surface area (Å²) >= 11 is 0. The molecule has 0 fully saturated rings. The molecule has 120 valence electrons. The molecule has 5 heteroatoms. The Hall–Kier alpha value is -0.413. The van der Waals surface area contributed by atoms with Gasteiger partial charge in [-0.05, 0) is 31.4 Å². The third-order valence-corrected chi connectivity index (χ3v) is 11.4. The second kappa shape index (κ2) is 8.89. The van der Waals surface area contributed by atoms with Crippen LogP contribution >= 0.6 is 7.14 Å². The fourth-order valence-electron chi connectivity index (χ4n) is 2.55. The number of rotatable bonds is 10. The van der Waals surface area contributed by atoms with Gasteiger partial charge in [0.1, 0.15) is 0 Å². The van der Waals surface area contributed by atoms with E-state index in [-0.39, 0.29) is 0 Å². The van der Waals surface area contributed by atoms with E-state index in [0.29, 0.717) is 13.2 Å². The third-order valence-electron chi connectivity index (χ3n) is 3.97. The molecule has 3 nitrogen and oxygen atoms in total. The SMILES string of the molecule is CCO[Si](CCP(=O)(CC)CC)(OCC)c1ccccc1. The maximum atomic E-state index is 12.7. The van der Waals surface area contributed by atoms with E-state index in [1.54, 1.807) is 0 Å². The predicted octanol–water partition coefficient (Wildman–Crippen LogP) is 3.81. The molecule has 21 heavy (non-hydrogen) atoms. The monoisotopic (exact) mass is 328 g/mol. The van der Waals surface area contributed by atoms with Crippen LogP contribution in [0.2, 0.25) is 6.04 Å². The van der Waals surface area contributed by atoms with Gasteiger partial charge in [0, 0.05) is 25.4 Å². The Morgan fingerprint density at radius 2 is 1.48 bits per heavy atom. The summed E-state index contributed by atoms with van der Waals surface area (Å²) in [5, 5.41) is 1.15. The van der Waals surface area contributed by atoms with Gasteiger partial charge >= 0.3 is 8.56 Å². The van der Waals surface area contributed by atoms with Gasteiger partial charge in [-0.15, -0.1) is 0 Å². The Labute approximate surface area is 130 Å². The van der Waals surface area contributed by atoms with Gasteiger partial charge in [0.2, 0.25) is 0 Å². The van der Waals surface area contributed by atoms with Crippen molar-refractivity contribution in [2.24, 2.45) is 0 Å². The van der Waals surface area contributed by atoms with Crippen molar-refractivity contribution in [1.82, 2.24) is 0 Å². The van der Waals surface area contributed by atoms with E-state index in [0.717, 1.165) is 29.7 Å². The van der Waals surface area contributed by atoms with E-state index in [9.17, 15) is 4.57 Å². The third kappa shape index (κ3) is 5.06. The molecule has 0 N–H and O–H groups in total. The average Bonchev–Trinajstić information content (AvgIpc) is 2.53. The van der Waals surface area contributed by atoms with E-state index >= 15 is 0 Å². The molecule has 1 aromatic carbocycles. The zero-order valence-corrected chi connectivity index (χ0v) is 15.7. The molecule has 0 aliphatic carbocycles. The molecule has 0 heterocycles. The van der Waals surface area contributed by atoms with Gasteiger partial charge < -0.3 is 13.4 Å². The van der Waals surface area contributed by atoms with Crippen molar-refractivity contribution in [2.75, 3.05) is 31.7 Å². The van der Waals surface area contributed by atoms with Crippen LogP contribution in [-0.2, 0) is 13.4 Å². The number of hydrogen-bond donors (Lipinski definition) is 0. The smallest absolute Gasteiger partial charge is 0.372 e. The standard InChI is InChI=1S/C16H29O3PSi/c1-5-18-21(19-6-2,16-12-10-9-11-13-16)15-14-20(17,7-3)8-4/h9-13H,5-8,14-15H2,1-4H3. The van der Waals surface area contributed by atoms with Crippen LogP contribution in [0.1, 0.15) is 27.7 Å². The van der Waals surface area contributed by atoms with Crippen molar-refractivity contribution in [1.29, 1.82) is 0 Å². The first-order chi connectivity index (χ1) is 10.1. The van der Waals surface area contributed by atoms with E-state index in [1.165, 1.54) is 0 Å². The quantitative estimate of drug-likeness (QED) is 0.484. The lowest BCUT2D eigenvalue weighted by molar-refractivity contribution is 0.197. The Morgan fingerprint density at radius 1 is 0.952 bits per heavy atom. The molecule has 0 aromatic heterocycles. The van der Waals surface area contributed by atoms with Gasteiger partial charge in [0.25, 0.3) is 0 Å². The first-order valence-electron chi connectivity index (χ1n) is 7.96. The Bertz CT molecular complexity index is 436. The fraction of sp³-hybridized carbons (Fsp3) is 0.625. The van der Waals surface area contributed by atoms with Gasteiger partial charge in [0.15, 0.2) is 0 Å². The van der Waals surface area contributed by atoms with Gasteiger partial charge in [0.05, 0.1) is 7.14 Å². The first-order valence-corrected chi connectivity index (χ1v) is 12.2. The molecule has 1 aromatic rings. The molecule has 0 aliphatic heterocycles. The van der Waals surface area contributed by atoms with Gasteiger partial charge in [-0.2, -0.15) is 0 Å². The highest BCUT2D eigenvalue weighted by Gasteiger charge is 2.40. The van der Waals surface area contributed by atoms with Crippen LogP contribution in [0.4, 0.5) is 0 Å². The second-order valence-electron chi connectivity index (χ2n) is 5.15. The summed E-state index contributed by atoms with van der Waals surface area (Å²) in [6.07, 6.45) is 2.25. The normalized spacial score (nSPS) is 12.6.